The van der Waals surface area contributed by atoms with E-state index >= 15 is 0 Å². The van der Waals surface area contributed by atoms with Crippen molar-refractivity contribution in [1.82, 2.24) is 4.57 Å². The minimum atomic E-state index is -0.492. The van der Waals surface area contributed by atoms with Crippen molar-refractivity contribution in [2.75, 3.05) is 11.9 Å². The molecule has 5 nitrogen and oxygen atoms in total. The largest absolute Gasteiger partial charge is 0.493 e. The molecular formula is C19H21FN2O3. The fraction of sp³-hybridized carbons (Fsp3) is 0.368. The van der Waals surface area contributed by atoms with Gasteiger partial charge in [-0.05, 0) is 50.8 Å². The number of ether oxygens (including phenoxy) is 1. The number of aryl methyl sites for hydroxylation is 1. The molecule has 0 bridgehead atoms. The second kappa shape index (κ2) is 7.09. The molecule has 0 fully saturated rings. The van der Waals surface area contributed by atoms with Gasteiger partial charge in [-0.3, -0.25) is 9.59 Å². The lowest BCUT2D eigenvalue weighted by Gasteiger charge is -2.23. The van der Waals surface area contributed by atoms with Gasteiger partial charge in [0.25, 0.3) is 11.5 Å². The van der Waals surface area contributed by atoms with E-state index in [0.29, 0.717) is 30.8 Å². The van der Waals surface area contributed by atoms with Crippen LogP contribution in [-0.4, -0.2) is 17.1 Å². The molecule has 132 valence electrons. The van der Waals surface area contributed by atoms with Crippen LogP contribution in [0.5, 0.6) is 5.75 Å². The van der Waals surface area contributed by atoms with E-state index in [-0.39, 0.29) is 17.0 Å². The molecule has 1 aliphatic rings. The number of nitrogens with one attached hydrogen (secondary N) is 1. The number of rotatable bonds is 4. The summed E-state index contributed by atoms with van der Waals surface area (Å²) in [6.45, 7) is 4.49. The zero-order chi connectivity index (χ0) is 18.0. The monoisotopic (exact) mass is 344 g/mol. The molecular weight excluding hydrogens is 323 g/mol. The number of pyridine rings is 1. The number of halogens is 1. The highest BCUT2D eigenvalue weighted by molar-refractivity contribution is 6.07. The van der Waals surface area contributed by atoms with Gasteiger partial charge in [-0.1, -0.05) is 6.07 Å². The first-order valence-corrected chi connectivity index (χ1v) is 8.48. The molecule has 1 N–H and O–H groups in total. The molecule has 6 heteroatoms. The van der Waals surface area contributed by atoms with Crippen LogP contribution in [0.4, 0.5) is 10.1 Å². The van der Waals surface area contributed by atoms with Gasteiger partial charge in [0.05, 0.1) is 12.3 Å². The van der Waals surface area contributed by atoms with E-state index in [0.717, 1.165) is 18.4 Å². The van der Waals surface area contributed by atoms with Gasteiger partial charge in [0.15, 0.2) is 0 Å². The molecule has 1 aliphatic heterocycles. The Balaban J connectivity index is 2.05. The van der Waals surface area contributed by atoms with Crippen molar-refractivity contribution >= 4 is 11.6 Å². The Bertz CT molecular complexity index is 874. The predicted octanol–water partition coefficient (Wildman–Crippen LogP) is 3.28. The number of carbonyl (C=O) groups is 1. The minimum Gasteiger partial charge on any atom is -0.493 e. The molecule has 1 amide bonds. The summed E-state index contributed by atoms with van der Waals surface area (Å²) in [7, 11) is 0. The number of amides is 1. The summed E-state index contributed by atoms with van der Waals surface area (Å²) in [6.07, 6.45) is 2.41. The summed E-state index contributed by atoms with van der Waals surface area (Å²) in [5, 5.41) is 2.61. The van der Waals surface area contributed by atoms with E-state index in [1.54, 1.807) is 24.5 Å². The predicted molar refractivity (Wildman–Crippen MR) is 93.9 cm³/mol. The number of carbonyl (C=O) groups excluding carboxylic acids is 1. The third-order valence-corrected chi connectivity index (χ3v) is 4.33. The van der Waals surface area contributed by atoms with E-state index in [4.69, 9.17) is 4.74 Å². The number of fused-ring (bicyclic) bond motifs is 1. The summed E-state index contributed by atoms with van der Waals surface area (Å²) < 4.78 is 21.2. The zero-order valence-electron chi connectivity index (χ0n) is 14.4. The Morgan fingerprint density at radius 3 is 2.84 bits per heavy atom. The standard InChI is InChI=1S/C19H21FN2O3/c1-3-25-16-11-17(23)22-9-5-4-6-15(22)18(16)19(24)21-14-8-7-12(2)10-13(14)20/h7-8,10-11H,3-6,9H2,1-2H3,(H,21,24). The van der Waals surface area contributed by atoms with E-state index in [9.17, 15) is 14.0 Å². The molecule has 0 radical (unpaired) electrons. The number of nitrogens with zero attached hydrogens (tertiary/aromatic N) is 1. The van der Waals surface area contributed by atoms with Crippen molar-refractivity contribution in [3.8, 4) is 5.75 Å². The van der Waals surface area contributed by atoms with E-state index in [2.05, 4.69) is 5.32 Å². The van der Waals surface area contributed by atoms with Gasteiger partial charge in [-0.15, -0.1) is 0 Å². The first-order valence-electron chi connectivity index (χ1n) is 8.48. The Labute approximate surface area is 145 Å². The normalized spacial score (nSPS) is 13.2. The average Bonchev–Trinajstić information content (AvgIpc) is 2.58. The van der Waals surface area contributed by atoms with Crippen LogP contribution in [0.1, 0.15) is 41.4 Å². The number of aromatic nitrogens is 1. The van der Waals surface area contributed by atoms with Gasteiger partial charge >= 0.3 is 0 Å². The van der Waals surface area contributed by atoms with Crippen molar-refractivity contribution in [2.45, 2.75) is 39.7 Å². The van der Waals surface area contributed by atoms with E-state index < -0.39 is 11.7 Å². The second-order valence-electron chi connectivity index (χ2n) is 6.15. The average molecular weight is 344 g/mol. The summed E-state index contributed by atoms with van der Waals surface area (Å²) in [6, 6.07) is 5.97. The minimum absolute atomic E-state index is 0.110. The molecule has 0 unspecified atom stereocenters. The van der Waals surface area contributed by atoms with Gasteiger partial charge in [0, 0.05) is 18.3 Å². The highest BCUT2D eigenvalue weighted by atomic mass is 19.1. The van der Waals surface area contributed by atoms with Gasteiger partial charge in [0.1, 0.15) is 17.1 Å². The summed E-state index contributed by atoms with van der Waals surface area (Å²) in [5.74, 6) is -0.698. The molecule has 0 spiro atoms. The van der Waals surface area contributed by atoms with Crippen LogP contribution in [0, 0.1) is 12.7 Å². The SMILES string of the molecule is CCOc1cc(=O)n2c(c1C(=O)Nc1ccc(C)cc1F)CCCC2. The summed E-state index contributed by atoms with van der Waals surface area (Å²) >= 11 is 0. The van der Waals surface area contributed by atoms with Crippen LogP contribution >= 0.6 is 0 Å². The molecule has 2 heterocycles. The van der Waals surface area contributed by atoms with Gasteiger partial charge in [-0.2, -0.15) is 0 Å². The van der Waals surface area contributed by atoms with Crippen LogP contribution in [-0.2, 0) is 13.0 Å². The van der Waals surface area contributed by atoms with Gasteiger partial charge in [-0.25, -0.2) is 4.39 Å². The summed E-state index contributed by atoms with van der Waals surface area (Å²) in [5.41, 5.74) is 1.69. The second-order valence-corrected chi connectivity index (χ2v) is 6.15. The number of hydrogen-bond acceptors (Lipinski definition) is 3. The molecule has 0 aliphatic carbocycles. The molecule has 3 rings (SSSR count). The summed E-state index contributed by atoms with van der Waals surface area (Å²) in [4.78, 5) is 25.1. The third-order valence-electron chi connectivity index (χ3n) is 4.33. The number of benzene rings is 1. The highest BCUT2D eigenvalue weighted by Crippen LogP contribution is 2.27. The zero-order valence-corrected chi connectivity index (χ0v) is 14.4. The van der Waals surface area contributed by atoms with Crippen molar-refractivity contribution < 1.29 is 13.9 Å². The first kappa shape index (κ1) is 17.2. The van der Waals surface area contributed by atoms with Crippen molar-refractivity contribution in [2.24, 2.45) is 0 Å². The number of hydrogen-bond donors (Lipinski definition) is 1. The maximum Gasteiger partial charge on any atom is 0.261 e. The van der Waals surface area contributed by atoms with Crippen molar-refractivity contribution in [1.29, 1.82) is 0 Å². The lowest BCUT2D eigenvalue weighted by molar-refractivity contribution is 0.102. The highest BCUT2D eigenvalue weighted by Gasteiger charge is 2.25. The Hall–Kier alpha value is -2.63. The quantitative estimate of drug-likeness (QED) is 0.926. The smallest absolute Gasteiger partial charge is 0.261 e. The van der Waals surface area contributed by atoms with E-state index in [1.165, 1.54) is 18.2 Å². The van der Waals surface area contributed by atoms with Crippen LogP contribution in [0.25, 0.3) is 0 Å². The Morgan fingerprint density at radius 1 is 1.32 bits per heavy atom. The molecule has 25 heavy (non-hydrogen) atoms. The molecule has 0 atom stereocenters. The van der Waals surface area contributed by atoms with Crippen LogP contribution in [0.2, 0.25) is 0 Å². The van der Waals surface area contributed by atoms with E-state index in [1.807, 2.05) is 0 Å². The fourth-order valence-electron chi connectivity index (χ4n) is 3.16. The molecule has 2 aromatic rings. The molecule has 1 aromatic carbocycles. The molecule has 1 aromatic heterocycles. The topological polar surface area (TPSA) is 60.3 Å². The number of anilines is 1. The maximum absolute atomic E-state index is 14.1. The Kier molecular flexibility index (Phi) is 4.88. The Morgan fingerprint density at radius 2 is 2.12 bits per heavy atom. The van der Waals surface area contributed by atoms with Crippen LogP contribution in [0.3, 0.4) is 0 Å². The van der Waals surface area contributed by atoms with Crippen LogP contribution in [0.15, 0.2) is 29.1 Å². The maximum atomic E-state index is 14.1. The molecule has 0 saturated carbocycles. The third kappa shape index (κ3) is 3.43. The first-order chi connectivity index (χ1) is 12.0. The molecule has 0 saturated heterocycles. The van der Waals surface area contributed by atoms with Crippen molar-refractivity contribution in [3.63, 3.8) is 0 Å². The lowest BCUT2D eigenvalue weighted by Crippen LogP contribution is -2.31. The van der Waals surface area contributed by atoms with Gasteiger partial charge < -0.3 is 14.6 Å². The fourth-order valence-corrected chi connectivity index (χ4v) is 3.16. The van der Waals surface area contributed by atoms with Crippen molar-refractivity contribution in [3.05, 3.63) is 57.3 Å². The van der Waals surface area contributed by atoms with Gasteiger partial charge in [0.2, 0.25) is 0 Å². The lowest BCUT2D eigenvalue weighted by atomic mass is 10.0. The van der Waals surface area contributed by atoms with Crippen LogP contribution < -0.4 is 15.6 Å².